The Morgan fingerprint density at radius 1 is 1.77 bits per heavy atom. The number of aliphatic carboxylic acids is 1. The number of thiophene rings is 1. The Kier molecular flexibility index (Phi) is 2.43. The highest BCUT2D eigenvalue weighted by Crippen LogP contribution is 2.50. The predicted molar refractivity (Wildman–Crippen MR) is 55.1 cm³/mol. The molecule has 1 aromatic heterocycles. The quantitative estimate of drug-likeness (QED) is 0.907. The minimum atomic E-state index is -0.679. The van der Waals surface area contributed by atoms with E-state index in [1.807, 2.05) is 0 Å². The zero-order chi connectivity index (χ0) is 9.42. The molecule has 2 rings (SSSR count). The van der Waals surface area contributed by atoms with Crippen LogP contribution in [0.2, 0.25) is 0 Å². The average Bonchev–Trinajstić information content (AvgIpc) is 2.63. The van der Waals surface area contributed by atoms with Gasteiger partial charge in [-0.3, -0.25) is 4.79 Å². The van der Waals surface area contributed by atoms with Crippen molar-refractivity contribution in [1.29, 1.82) is 0 Å². The first kappa shape index (κ1) is 9.21. The molecule has 0 saturated heterocycles. The third-order valence-electron chi connectivity index (χ3n) is 2.38. The van der Waals surface area contributed by atoms with Crippen molar-refractivity contribution in [1.82, 2.24) is 0 Å². The summed E-state index contributed by atoms with van der Waals surface area (Å²) in [6.45, 7) is 0. The molecule has 2 atom stereocenters. The summed E-state index contributed by atoms with van der Waals surface area (Å²) >= 11 is 5.06. The SMILES string of the molecule is O=C(O)C[C@@H]1C[C@H]1c1csc(Br)c1. The van der Waals surface area contributed by atoms with Crippen LogP contribution in [0.4, 0.5) is 0 Å². The molecule has 1 fully saturated rings. The van der Waals surface area contributed by atoms with Gasteiger partial charge in [0.05, 0.1) is 3.79 Å². The Hall–Kier alpha value is -0.350. The van der Waals surface area contributed by atoms with Crippen molar-refractivity contribution in [3.63, 3.8) is 0 Å². The predicted octanol–water partition coefficient (Wildman–Crippen LogP) is 3.09. The molecular weight excluding hydrogens is 252 g/mol. The lowest BCUT2D eigenvalue weighted by Gasteiger charge is -1.92. The van der Waals surface area contributed by atoms with Gasteiger partial charge in [0.25, 0.3) is 0 Å². The van der Waals surface area contributed by atoms with Crippen LogP contribution in [0.1, 0.15) is 24.3 Å². The monoisotopic (exact) mass is 260 g/mol. The molecule has 1 aliphatic carbocycles. The Bertz CT molecular complexity index is 334. The summed E-state index contributed by atoms with van der Waals surface area (Å²) in [6.07, 6.45) is 1.35. The number of rotatable bonds is 3. The van der Waals surface area contributed by atoms with Crippen LogP contribution in [0.15, 0.2) is 15.2 Å². The molecule has 70 valence electrons. The second kappa shape index (κ2) is 3.42. The Morgan fingerprint density at radius 3 is 3.08 bits per heavy atom. The van der Waals surface area contributed by atoms with E-state index in [4.69, 9.17) is 5.11 Å². The number of hydrogen-bond donors (Lipinski definition) is 1. The second-order valence-electron chi connectivity index (χ2n) is 3.38. The molecule has 0 unspecified atom stereocenters. The van der Waals surface area contributed by atoms with E-state index in [0.29, 0.717) is 18.3 Å². The van der Waals surface area contributed by atoms with Gasteiger partial charge in [-0.15, -0.1) is 11.3 Å². The molecule has 0 aliphatic heterocycles. The summed E-state index contributed by atoms with van der Waals surface area (Å²) in [6, 6.07) is 2.09. The Morgan fingerprint density at radius 2 is 2.54 bits per heavy atom. The van der Waals surface area contributed by atoms with Crippen molar-refractivity contribution in [2.75, 3.05) is 0 Å². The fraction of sp³-hybridized carbons (Fsp3) is 0.444. The molecule has 0 bridgehead atoms. The molecular formula is C9H9BrO2S. The molecule has 0 amide bonds. The summed E-state index contributed by atoms with van der Waals surface area (Å²) < 4.78 is 1.13. The average molecular weight is 261 g/mol. The highest BCUT2D eigenvalue weighted by atomic mass is 79.9. The Labute approximate surface area is 88.7 Å². The maximum atomic E-state index is 10.4. The zero-order valence-electron chi connectivity index (χ0n) is 6.87. The van der Waals surface area contributed by atoms with Crippen LogP contribution in [0, 0.1) is 5.92 Å². The molecule has 1 heterocycles. The molecule has 0 spiro atoms. The van der Waals surface area contributed by atoms with E-state index in [0.717, 1.165) is 10.2 Å². The van der Waals surface area contributed by atoms with Gasteiger partial charge in [-0.1, -0.05) is 0 Å². The molecule has 4 heteroatoms. The van der Waals surface area contributed by atoms with Gasteiger partial charge < -0.3 is 5.11 Å². The highest BCUT2D eigenvalue weighted by Gasteiger charge is 2.39. The van der Waals surface area contributed by atoms with Crippen molar-refractivity contribution >= 4 is 33.2 Å². The summed E-state index contributed by atoms with van der Waals surface area (Å²) in [5.74, 6) is 0.194. The maximum Gasteiger partial charge on any atom is 0.303 e. The van der Waals surface area contributed by atoms with Crippen molar-refractivity contribution in [2.45, 2.75) is 18.8 Å². The van der Waals surface area contributed by atoms with Crippen LogP contribution in [0.25, 0.3) is 0 Å². The summed E-state index contributed by atoms with van der Waals surface area (Å²) in [5.41, 5.74) is 1.29. The number of halogens is 1. The Balaban J connectivity index is 1.96. The van der Waals surface area contributed by atoms with E-state index in [1.165, 1.54) is 5.56 Å². The van der Waals surface area contributed by atoms with Crippen LogP contribution in [-0.2, 0) is 4.79 Å². The fourth-order valence-corrected chi connectivity index (χ4v) is 2.86. The van der Waals surface area contributed by atoms with Crippen molar-refractivity contribution in [3.8, 4) is 0 Å². The molecule has 0 radical (unpaired) electrons. The van der Waals surface area contributed by atoms with Crippen LogP contribution >= 0.6 is 27.3 Å². The number of hydrogen-bond acceptors (Lipinski definition) is 2. The first-order valence-corrected chi connectivity index (χ1v) is 5.80. The minimum absolute atomic E-state index is 0.318. The molecule has 13 heavy (non-hydrogen) atoms. The minimum Gasteiger partial charge on any atom is -0.481 e. The molecule has 1 saturated carbocycles. The third kappa shape index (κ3) is 2.11. The van der Waals surface area contributed by atoms with Crippen LogP contribution in [0.3, 0.4) is 0 Å². The lowest BCUT2D eigenvalue weighted by molar-refractivity contribution is -0.137. The van der Waals surface area contributed by atoms with Crippen LogP contribution in [0.5, 0.6) is 0 Å². The van der Waals surface area contributed by atoms with Gasteiger partial charge in [-0.05, 0) is 51.2 Å². The van der Waals surface area contributed by atoms with E-state index in [-0.39, 0.29) is 0 Å². The molecule has 1 aromatic rings. The number of carboxylic acids is 1. The normalized spacial score (nSPS) is 25.9. The smallest absolute Gasteiger partial charge is 0.303 e. The molecule has 2 nitrogen and oxygen atoms in total. The van der Waals surface area contributed by atoms with Gasteiger partial charge in [0, 0.05) is 6.42 Å². The van der Waals surface area contributed by atoms with Crippen LogP contribution < -0.4 is 0 Å². The largest absolute Gasteiger partial charge is 0.481 e. The van der Waals surface area contributed by atoms with E-state index >= 15 is 0 Å². The first-order valence-electron chi connectivity index (χ1n) is 4.12. The van der Waals surface area contributed by atoms with E-state index in [2.05, 4.69) is 27.4 Å². The fourth-order valence-electron chi connectivity index (χ4n) is 1.62. The van der Waals surface area contributed by atoms with Crippen molar-refractivity contribution in [2.24, 2.45) is 5.92 Å². The zero-order valence-corrected chi connectivity index (χ0v) is 9.27. The summed E-state index contributed by atoms with van der Waals surface area (Å²) in [5, 5.41) is 10.7. The van der Waals surface area contributed by atoms with E-state index < -0.39 is 5.97 Å². The molecule has 1 aliphatic rings. The third-order valence-corrected chi connectivity index (χ3v) is 3.90. The topological polar surface area (TPSA) is 37.3 Å². The summed E-state index contributed by atoms with van der Waals surface area (Å²) in [4.78, 5) is 10.4. The van der Waals surface area contributed by atoms with Crippen LogP contribution in [-0.4, -0.2) is 11.1 Å². The van der Waals surface area contributed by atoms with Crippen molar-refractivity contribution < 1.29 is 9.90 Å². The van der Waals surface area contributed by atoms with E-state index in [9.17, 15) is 4.79 Å². The van der Waals surface area contributed by atoms with Gasteiger partial charge in [0.1, 0.15) is 0 Å². The second-order valence-corrected chi connectivity index (χ2v) is 5.67. The van der Waals surface area contributed by atoms with Crippen molar-refractivity contribution in [3.05, 3.63) is 20.8 Å². The summed E-state index contributed by atoms with van der Waals surface area (Å²) in [7, 11) is 0. The van der Waals surface area contributed by atoms with Gasteiger partial charge in [0.2, 0.25) is 0 Å². The van der Waals surface area contributed by atoms with E-state index in [1.54, 1.807) is 11.3 Å². The van der Waals surface area contributed by atoms with Gasteiger partial charge in [-0.25, -0.2) is 0 Å². The van der Waals surface area contributed by atoms with Gasteiger partial charge >= 0.3 is 5.97 Å². The lowest BCUT2D eigenvalue weighted by Crippen LogP contribution is -1.96. The van der Waals surface area contributed by atoms with Gasteiger partial charge in [0.15, 0.2) is 0 Å². The lowest BCUT2D eigenvalue weighted by atomic mass is 10.1. The molecule has 1 N–H and O–H groups in total. The number of carbonyl (C=O) groups is 1. The maximum absolute atomic E-state index is 10.4. The number of carboxylic acid groups (broad SMARTS) is 1. The first-order chi connectivity index (χ1) is 6.16. The highest BCUT2D eigenvalue weighted by molar-refractivity contribution is 9.11. The van der Waals surface area contributed by atoms with Gasteiger partial charge in [-0.2, -0.15) is 0 Å². The standard InChI is InChI=1S/C9H9BrO2S/c10-8-2-6(4-13-8)7-1-5(7)3-9(11)12/h2,4-5,7H,1,3H2,(H,11,12)/t5-,7+/m0/s1. The molecule has 0 aromatic carbocycles.